The highest BCUT2D eigenvalue weighted by molar-refractivity contribution is 7.98. The van der Waals surface area contributed by atoms with Crippen LogP contribution in [0.1, 0.15) is 18.7 Å². The van der Waals surface area contributed by atoms with E-state index in [-0.39, 0.29) is 6.10 Å². The summed E-state index contributed by atoms with van der Waals surface area (Å²) >= 11 is 1.57. The van der Waals surface area contributed by atoms with Gasteiger partial charge in [0.2, 0.25) is 0 Å². The lowest BCUT2D eigenvalue weighted by Gasteiger charge is -2.15. The highest BCUT2D eigenvalue weighted by Crippen LogP contribution is 2.29. The average Bonchev–Trinajstić information content (AvgIpc) is 3.60. The third-order valence-corrected chi connectivity index (χ3v) is 6.30. The molecule has 32 heavy (non-hydrogen) atoms. The topological polar surface area (TPSA) is 92.8 Å². The van der Waals surface area contributed by atoms with E-state index in [1.807, 2.05) is 54.6 Å². The summed E-state index contributed by atoms with van der Waals surface area (Å²) in [5, 5.41) is 22.0. The van der Waals surface area contributed by atoms with Crippen LogP contribution < -0.4 is 4.74 Å². The smallest absolute Gasteiger partial charge is 0.192 e. The van der Waals surface area contributed by atoms with Crippen molar-refractivity contribution in [2.45, 2.75) is 36.4 Å². The number of hydrogen-bond acceptors (Lipinski definition) is 8. The van der Waals surface area contributed by atoms with Gasteiger partial charge in [-0.15, -0.1) is 15.3 Å². The summed E-state index contributed by atoms with van der Waals surface area (Å²) in [4.78, 5) is 0. The van der Waals surface area contributed by atoms with E-state index in [4.69, 9.17) is 9.47 Å². The van der Waals surface area contributed by atoms with Gasteiger partial charge in [-0.3, -0.25) is 4.57 Å². The lowest BCUT2D eigenvalue weighted by atomic mass is 10.2. The first kappa shape index (κ1) is 20.7. The zero-order chi connectivity index (χ0) is 21.8. The van der Waals surface area contributed by atoms with E-state index in [9.17, 15) is 0 Å². The summed E-state index contributed by atoms with van der Waals surface area (Å²) in [6, 6.07) is 17.7. The lowest BCUT2D eigenvalue weighted by Crippen LogP contribution is -2.16. The number of aromatic nitrogens is 7. The molecule has 10 heteroatoms. The van der Waals surface area contributed by atoms with E-state index < -0.39 is 0 Å². The number of nitrogens with zero attached hydrogens (tertiary/aromatic N) is 7. The van der Waals surface area contributed by atoms with Crippen molar-refractivity contribution in [3.63, 3.8) is 0 Å². The Hall–Kier alpha value is -3.24. The summed E-state index contributed by atoms with van der Waals surface area (Å²) in [6.07, 6.45) is 2.28. The number of hydrogen-bond donors (Lipinski definition) is 0. The fraction of sp³-hybridized carbons (Fsp3) is 0.318. The molecule has 2 aromatic heterocycles. The minimum atomic E-state index is 0.164. The van der Waals surface area contributed by atoms with Crippen molar-refractivity contribution in [2.75, 3.05) is 13.7 Å². The molecule has 4 aromatic rings. The summed E-state index contributed by atoms with van der Waals surface area (Å²) in [5.74, 6) is 2.93. The highest BCUT2D eigenvalue weighted by Gasteiger charge is 2.22. The van der Waals surface area contributed by atoms with Gasteiger partial charge in [0.25, 0.3) is 0 Å². The highest BCUT2D eigenvalue weighted by atomic mass is 32.2. The molecule has 3 heterocycles. The second-order valence-electron chi connectivity index (χ2n) is 7.41. The Morgan fingerprint density at radius 3 is 2.66 bits per heavy atom. The first-order chi connectivity index (χ1) is 15.8. The van der Waals surface area contributed by atoms with Gasteiger partial charge in [-0.05, 0) is 59.7 Å². The Kier molecular flexibility index (Phi) is 6.13. The molecule has 1 aliphatic heterocycles. The van der Waals surface area contributed by atoms with Crippen LogP contribution in [0.15, 0.2) is 59.8 Å². The largest absolute Gasteiger partial charge is 0.497 e. The maximum absolute atomic E-state index is 5.89. The van der Waals surface area contributed by atoms with Crippen LogP contribution in [0.3, 0.4) is 0 Å². The molecule has 0 bridgehead atoms. The Morgan fingerprint density at radius 1 is 1.06 bits per heavy atom. The van der Waals surface area contributed by atoms with Gasteiger partial charge in [0.05, 0.1) is 31.2 Å². The molecular formula is C22H23N7O2S. The summed E-state index contributed by atoms with van der Waals surface area (Å²) in [7, 11) is 1.66. The monoisotopic (exact) mass is 449 g/mol. The fourth-order valence-corrected chi connectivity index (χ4v) is 4.55. The number of methoxy groups -OCH3 is 1. The summed E-state index contributed by atoms with van der Waals surface area (Å²) in [5.41, 5.74) is 1.91. The number of tetrazole rings is 1. The molecule has 1 fully saturated rings. The second kappa shape index (κ2) is 9.49. The maximum atomic E-state index is 5.89. The molecule has 1 atom stereocenters. The van der Waals surface area contributed by atoms with Crippen molar-refractivity contribution < 1.29 is 9.47 Å². The third-order valence-electron chi connectivity index (χ3n) is 5.34. The van der Waals surface area contributed by atoms with E-state index in [0.717, 1.165) is 53.3 Å². The minimum Gasteiger partial charge on any atom is -0.497 e. The average molecular weight is 450 g/mol. The minimum absolute atomic E-state index is 0.164. The van der Waals surface area contributed by atoms with Gasteiger partial charge in [-0.2, -0.15) is 4.68 Å². The maximum Gasteiger partial charge on any atom is 0.192 e. The van der Waals surface area contributed by atoms with Crippen molar-refractivity contribution in [3.05, 3.63) is 60.4 Å². The standard InChI is InChI=1S/C22H23N7O2S/c1-30-18-11-9-16(10-12-18)21-24-25-22(28(21)14-19-8-5-13-31-19)32-15-20-23-26-27-29(20)17-6-3-2-4-7-17/h2-4,6-7,9-12,19H,5,8,13-15H2,1H3/t19-/m0/s1. The molecule has 9 nitrogen and oxygen atoms in total. The fourth-order valence-electron chi connectivity index (χ4n) is 3.70. The predicted molar refractivity (Wildman–Crippen MR) is 120 cm³/mol. The molecule has 5 rings (SSSR count). The third kappa shape index (κ3) is 4.37. The van der Waals surface area contributed by atoms with E-state index >= 15 is 0 Å². The number of benzene rings is 2. The zero-order valence-electron chi connectivity index (χ0n) is 17.7. The quantitative estimate of drug-likeness (QED) is 0.378. The van der Waals surface area contributed by atoms with Crippen LogP contribution in [-0.4, -0.2) is 54.8 Å². The SMILES string of the molecule is COc1ccc(-c2nnc(SCc3nnnn3-c3ccccc3)n2C[C@@H]2CCCO2)cc1. The van der Waals surface area contributed by atoms with E-state index in [0.29, 0.717) is 12.3 Å². The Morgan fingerprint density at radius 2 is 1.91 bits per heavy atom. The van der Waals surface area contributed by atoms with Crippen molar-refractivity contribution in [1.29, 1.82) is 0 Å². The van der Waals surface area contributed by atoms with Crippen LogP contribution in [0.25, 0.3) is 17.1 Å². The second-order valence-corrected chi connectivity index (χ2v) is 8.35. The van der Waals surface area contributed by atoms with E-state index in [1.165, 1.54) is 0 Å². The summed E-state index contributed by atoms with van der Waals surface area (Å²) < 4.78 is 15.1. The Balaban J connectivity index is 1.41. The van der Waals surface area contributed by atoms with E-state index in [1.54, 1.807) is 23.6 Å². The van der Waals surface area contributed by atoms with Gasteiger partial charge in [0, 0.05) is 12.2 Å². The first-order valence-corrected chi connectivity index (χ1v) is 11.4. The molecule has 164 valence electrons. The number of ether oxygens (including phenoxy) is 2. The van der Waals surface area contributed by atoms with E-state index in [2.05, 4.69) is 30.3 Å². The Labute approximate surface area is 189 Å². The predicted octanol–water partition coefficient (Wildman–Crippen LogP) is 3.40. The van der Waals surface area contributed by atoms with Crippen molar-refractivity contribution >= 4 is 11.8 Å². The van der Waals surface area contributed by atoms with Crippen LogP contribution in [0.2, 0.25) is 0 Å². The van der Waals surface area contributed by atoms with Crippen LogP contribution in [0, 0.1) is 0 Å². The lowest BCUT2D eigenvalue weighted by molar-refractivity contribution is 0.0953. The Bertz CT molecular complexity index is 1150. The van der Waals surface area contributed by atoms with Crippen LogP contribution in [-0.2, 0) is 17.0 Å². The molecule has 2 aromatic carbocycles. The molecule has 0 unspecified atom stereocenters. The number of thioether (sulfide) groups is 1. The van der Waals surface area contributed by atoms with Crippen LogP contribution in [0.4, 0.5) is 0 Å². The van der Waals surface area contributed by atoms with Crippen molar-refractivity contribution in [2.24, 2.45) is 0 Å². The molecule has 0 amide bonds. The van der Waals surface area contributed by atoms with Crippen LogP contribution >= 0.6 is 11.8 Å². The molecule has 0 saturated carbocycles. The van der Waals surface area contributed by atoms with Crippen molar-refractivity contribution in [1.82, 2.24) is 35.0 Å². The van der Waals surface area contributed by atoms with Crippen LogP contribution in [0.5, 0.6) is 5.75 Å². The zero-order valence-corrected chi connectivity index (χ0v) is 18.5. The molecule has 0 spiro atoms. The van der Waals surface area contributed by atoms with Gasteiger partial charge in [0.15, 0.2) is 16.8 Å². The molecule has 0 aliphatic carbocycles. The van der Waals surface area contributed by atoms with Gasteiger partial charge in [-0.25, -0.2) is 0 Å². The molecule has 0 radical (unpaired) electrons. The van der Waals surface area contributed by atoms with Gasteiger partial charge in [-0.1, -0.05) is 30.0 Å². The molecule has 1 saturated heterocycles. The summed E-state index contributed by atoms with van der Waals surface area (Å²) in [6.45, 7) is 1.51. The van der Waals surface area contributed by atoms with Gasteiger partial charge < -0.3 is 9.47 Å². The normalized spacial score (nSPS) is 15.8. The molecule has 1 aliphatic rings. The van der Waals surface area contributed by atoms with Crippen molar-refractivity contribution in [3.8, 4) is 22.8 Å². The molecular weight excluding hydrogens is 426 g/mol. The van der Waals surface area contributed by atoms with Gasteiger partial charge >= 0.3 is 0 Å². The first-order valence-electron chi connectivity index (χ1n) is 10.5. The number of rotatable bonds is 8. The molecule has 0 N–H and O–H groups in total. The number of para-hydroxylation sites is 1. The van der Waals surface area contributed by atoms with Gasteiger partial charge in [0.1, 0.15) is 5.75 Å².